The predicted molar refractivity (Wildman–Crippen MR) is 138 cm³/mol. The number of thiophene rings is 1. The van der Waals surface area contributed by atoms with Gasteiger partial charge in [-0.1, -0.05) is 24.3 Å². The van der Waals surface area contributed by atoms with Crippen LogP contribution in [0.5, 0.6) is 11.5 Å². The van der Waals surface area contributed by atoms with E-state index < -0.39 is 0 Å². The van der Waals surface area contributed by atoms with Crippen LogP contribution in [0.15, 0.2) is 66.2 Å². The summed E-state index contributed by atoms with van der Waals surface area (Å²) in [4.78, 5) is 16.6. The van der Waals surface area contributed by atoms with Gasteiger partial charge in [0.1, 0.15) is 11.6 Å². The van der Waals surface area contributed by atoms with Gasteiger partial charge >= 0.3 is 0 Å². The van der Waals surface area contributed by atoms with Crippen molar-refractivity contribution >= 4 is 23.1 Å². The van der Waals surface area contributed by atoms with E-state index in [1.54, 1.807) is 30.2 Å². The molecule has 0 aliphatic carbocycles. The fourth-order valence-corrected chi connectivity index (χ4v) is 5.50. The zero-order chi connectivity index (χ0) is 25.1. The first-order chi connectivity index (χ1) is 17.6. The molecular weight excluding hydrogens is 474 g/mol. The molecule has 1 amide bonds. The largest absolute Gasteiger partial charge is 0.493 e. The summed E-state index contributed by atoms with van der Waals surface area (Å²) in [6.45, 7) is 0.850. The third kappa shape index (κ3) is 4.44. The van der Waals surface area contributed by atoms with Crippen LogP contribution in [0, 0.1) is 11.3 Å². The number of benzene rings is 2. The number of rotatable bonds is 7. The molecule has 0 bridgehead atoms. The monoisotopic (exact) mass is 499 g/mol. The molecule has 2 aromatic heterocycles. The van der Waals surface area contributed by atoms with Crippen molar-refractivity contribution in [1.29, 1.82) is 5.26 Å². The molecule has 1 unspecified atom stereocenters. The standard InChI is InChI=1S/C27H25N5O3S/c1-34-22-13-18-10-11-31(26(24-9-6-12-36-24)21(18)14-23(22)35-2)17-25(33)30-27-19(15-28)16-29-32(27)20-7-4-3-5-8-20/h3-9,12-14,16,26H,10-11,17H2,1-2H3,(H,30,33). The van der Waals surface area contributed by atoms with Gasteiger partial charge in [-0.2, -0.15) is 10.4 Å². The number of fused-ring (bicyclic) bond motifs is 1. The molecule has 1 atom stereocenters. The summed E-state index contributed by atoms with van der Waals surface area (Å²) in [5.74, 6) is 1.51. The molecular formula is C27H25N5O3S. The lowest BCUT2D eigenvalue weighted by atomic mass is 9.91. The molecule has 0 saturated heterocycles. The van der Waals surface area contributed by atoms with E-state index >= 15 is 0 Å². The Balaban J connectivity index is 1.44. The number of amides is 1. The van der Waals surface area contributed by atoms with E-state index in [4.69, 9.17) is 9.47 Å². The number of nitrogens with zero attached hydrogens (tertiary/aromatic N) is 4. The Bertz CT molecular complexity index is 1410. The first-order valence-electron chi connectivity index (χ1n) is 11.5. The van der Waals surface area contributed by atoms with Crippen LogP contribution in [-0.4, -0.2) is 47.9 Å². The Labute approximate surface area is 213 Å². The zero-order valence-electron chi connectivity index (χ0n) is 20.0. The van der Waals surface area contributed by atoms with Crippen LogP contribution >= 0.6 is 11.3 Å². The van der Waals surface area contributed by atoms with E-state index in [1.807, 2.05) is 53.9 Å². The van der Waals surface area contributed by atoms with E-state index in [9.17, 15) is 10.1 Å². The maximum absolute atomic E-state index is 13.3. The molecule has 1 aliphatic heterocycles. The number of nitriles is 1. The van der Waals surface area contributed by atoms with Gasteiger partial charge in [-0.05, 0) is 53.3 Å². The van der Waals surface area contributed by atoms with Crippen LogP contribution in [0.1, 0.15) is 27.6 Å². The number of nitrogens with one attached hydrogen (secondary N) is 1. The second-order valence-electron chi connectivity index (χ2n) is 8.36. The van der Waals surface area contributed by atoms with Crippen LogP contribution in [0.4, 0.5) is 5.82 Å². The molecule has 182 valence electrons. The minimum absolute atomic E-state index is 0.103. The van der Waals surface area contributed by atoms with E-state index in [1.165, 1.54) is 11.8 Å². The van der Waals surface area contributed by atoms with Crippen molar-refractivity contribution in [3.05, 3.63) is 87.7 Å². The molecule has 2 aromatic carbocycles. The molecule has 3 heterocycles. The highest BCUT2D eigenvalue weighted by Crippen LogP contribution is 2.42. The predicted octanol–water partition coefficient (Wildman–Crippen LogP) is 4.41. The highest BCUT2D eigenvalue weighted by molar-refractivity contribution is 7.10. The third-order valence-electron chi connectivity index (χ3n) is 6.28. The van der Waals surface area contributed by atoms with Gasteiger partial charge in [0, 0.05) is 11.4 Å². The van der Waals surface area contributed by atoms with Crippen LogP contribution in [0.2, 0.25) is 0 Å². The first kappa shape index (κ1) is 23.6. The molecule has 9 heteroatoms. The lowest BCUT2D eigenvalue weighted by Crippen LogP contribution is -2.41. The highest BCUT2D eigenvalue weighted by Gasteiger charge is 2.32. The van der Waals surface area contributed by atoms with E-state index in [2.05, 4.69) is 27.5 Å². The molecule has 0 saturated carbocycles. The van der Waals surface area contributed by atoms with Gasteiger partial charge < -0.3 is 14.8 Å². The summed E-state index contributed by atoms with van der Waals surface area (Å²) in [5.41, 5.74) is 3.35. The number of para-hydroxylation sites is 1. The van der Waals surface area contributed by atoms with Gasteiger partial charge in [0.15, 0.2) is 17.3 Å². The maximum Gasteiger partial charge on any atom is 0.239 e. The van der Waals surface area contributed by atoms with Gasteiger partial charge in [-0.25, -0.2) is 4.68 Å². The maximum atomic E-state index is 13.3. The minimum Gasteiger partial charge on any atom is -0.493 e. The number of ether oxygens (including phenoxy) is 2. The second kappa shape index (κ2) is 10.2. The molecule has 1 N–H and O–H groups in total. The number of aromatic nitrogens is 2. The highest BCUT2D eigenvalue weighted by atomic mass is 32.1. The summed E-state index contributed by atoms with van der Waals surface area (Å²) < 4.78 is 12.7. The lowest BCUT2D eigenvalue weighted by molar-refractivity contribution is -0.117. The number of hydrogen-bond donors (Lipinski definition) is 1. The van der Waals surface area contributed by atoms with Crippen molar-refractivity contribution in [3.8, 4) is 23.3 Å². The summed E-state index contributed by atoms with van der Waals surface area (Å²) in [5, 5.41) is 18.9. The summed E-state index contributed by atoms with van der Waals surface area (Å²) >= 11 is 1.66. The Morgan fingerprint density at radius 3 is 2.64 bits per heavy atom. The Hall–Kier alpha value is -4.13. The van der Waals surface area contributed by atoms with E-state index in [0.717, 1.165) is 22.5 Å². The van der Waals surface area contributed by atoms with Crippen molar-refractivity contribution in [2.45, 2.75) is 12.5 Å². The number of methoxy groups -OCH3 is 2. The van der Waals surface area contributed by atoms with E-state index in [-0.39, 0.29) is 18.5 Å². The first-order valence-corrected chi connectivity index (χ1v) is 12.4. The molecule has 0 radical (unpaired) electrons. The minimum atomic E-state index is -0.213. The molecule has 5 rings (SSSR count). The number of carbonyl (C=O) groups excluding carboxylic acids is 1. The SMILES string of the molecule is COc1cc2c(cc1OC)C(c1cccs1)N(CC(=O)Nc1c(C#N)cnn1-c1ccccc1)CC2. The van der Waals surface area contributed by atoms with Crippen molar-refractivity contribution in [2.24, 2.45) is 0 Å². The van der Waals surface area contributed by atoms with Crippen molar-refractivity contribution < 1.29 is 14.3 Å². The summed E-state index contributed by atoms with van der Waals surface area (Å²) in [6.07, 6.45) is 2.24. The van der Waals surface area contributed by atoms with Gasteiger partial charge in [0.25, 0.3) is 0 Å². The molecule has 0 spiro atoms. The molecule has 8 nitrogen and oxygen atoms in total. The third-order valence-corrected chi connectivity index (χ3v) is 7.21. The quantitative estimate of drug-likeness (QED) is 0.405. The fraction of sp³-hybridized carbons (Fsp3) is 0.222. The van der Waals surface area contributed by atoms with Crippen LogP contribution in [-0.2, 0) is 11.2 Å². The zero-order valence-corrected chi connectivity index (χ0v) is 20.8. The summed E-state index contributed by atoms with van der Waals surface area (Å²) in [6, 6.07) is 19.6. The van der Waals surface area contributed by atoms with Crippen molar-refractivity contribution in [2.75, 3.05) is 32.6 Å². The average Bonchev–Trinajstić information content (AvgIpc) is 3.58. The van der Waals surface area contributed by atoms with Gasteiger partial charge in [-0.15, -0.1) is 11.3 Å². The Morgan fingerprint density at radius 2 is 1.94 bits per heavy atom. The van der Waals surface area contributed by atoms with Crippen molar-refractivity contribution in [1.82, 2.24) is 14.7 Å². The second-order valence-corrected chi connectivity index (χ2v) is 9.34. The Kier molecular flexibility index (Phi) is 6.71. The number of hydrogen-bond acceptors (Lipinski definition) is 7. The van der Waals surface area contributed by atoms with Crippen LogP contribution in [0.25, 0.3) is 5.69 Å². The average molecular weight is 500 g/mol. The topological polar surface area (TPSA) is 92.4 Å². The lowest BCUT2D eigenvalue weighted by Gasteiger charge is -2.37. The van der Waals surface area contributed by atoms with Crippen LogP contribution in [0.3, 0.4) is 0 Å². The summed E-state index contributed by atoms with van der Waals surface area (Å²) in [7, 11) is 3.26. The fourth-order valence-electron chi connectivity index (χ4n) is 4.62. The molecule has 4 aromatic rings. The molecule has 36 heavy (non-hydrogen) atoms. The molecule has 1 aliphatic rings. The normalized spacial score (nSPS) is 15.1. The number of carbonyl (C=O) groups is 1. The van der Waals surface area contributed by atoms with Crippen LogP contribution < -0.4 is 14.8 Å². The number of anilines is 1. The van der Waals surface area contributed by atoms with E-state index in [0.29, 0.717) is 29.4 Å². The smallest absolute Gasteiger partial charge is 0.239 e. The molecule has 0 fully saturated rings. The van der Waals surface area contributed by atoms with Crippen molar-refractivity contribution in [3.63, 3.8) is 0 Å². The van der Waals surface area contributed by atoms with Gasteiger partial charge in [0.2, 0.25) is 5.91 Å². The van der Waals surface area contributed by atoms with Gasteiger partial charge in [-0.3, -0.25) is 9.69 Å². The Morgan fingerprint density at radius 1 is 1.17 bits per heavy atom. The van der Waals surface area contributed by atoms with Gasteiger partial charge in [0.05, 0.1) is 38.7 Å².